The Hall–Kier alpha value is -1.85. The molecular weight excluding hydrogens is 519 g/mol. The van der Waals surface area contributed by atoms with Crippen molar-refractivity contribution in [3.05, 3.63) is 47.8 Å². The van der Waals surface area contributed by atoms with E-state index in [4.69, 9.17) is 9.47 Å². The van der Waals surface area contributed by atoms with Gasteiger partial charge in [-0.05, 0) is 18.1 Å². The predicted molar refractivity (Wildman–Crippen MR) is 137 cm³/mol. The smallest absolute Gasteiger partial charge is 0.193 e. The van der Waals surface area contributed by atoms with Gasteiger partial charge < -0.3 is 19.7 Å². The zero-order valence-corrected chi connectivity index (χ0v) is 21.4. The number of aryl methyl sites for hydroxylation is 1. The molecule has 2 aliphatic heterocycles. The third-order valence-corrected chi connectivity index (χ3v) is 6.07. The summed E-state index contributed by atoms with van der Waals surface area (Å²) in [6.45, 7) is 7.86. The predicted octanol–water partition coefficient (Wildman–Crippen LogP) is 2.31. The largest absolute Gasteiger partial charge is 0.492 e. The average Bonchev–Trinajstić information content (AvgIpc) is 3.45. The average molecular weight is 554 g/mol. The van der Waals surface area contributed by atoms with Crippen molar-refractivity contribution in [3.63, 3.8) is 0 Å². The molecule has 32 heavy (non-hydrogen) atoms. The second kappa shape index (κ2) is 12.4. The number of nitrogens with one attached hydrogen (secondary N) is 1. The molecule has 2 fully saturated rings. The SMILES string of the molecule is CN=C(NCc1ccccc1OCCN1CCOCC1)N1CCC(c2cnn(C)c2)C1.I. The van der Waals surface area contributed by atoms with Gasteiger partial charge in [0.05, 0.1) is 19.4 Å². The Kier molecular flexibility index (Phi) is 9.61. The van der Waals surface area contributed by atoms with E-state index in [2.05, 4.69) is 43.5 Å². The number of hydrogen-bond donors (Lipinski definition) is 1. The van der Waals surface area contributed by atoms with E-state index in [0.717, 1.165) is 69.6 Å². The van der Waals surface area contributed by atoms with Gasteiger partial charge in [0, 0.05) is 71.0 Å². The summed E-state index contributed by atoms with van der Waals surface area (Å²) < 4.78 is 13.4. The number of guanidine groups is 1. The molecule has 2 aromatic rings. The molecule has 9 heteroatoms. The van der Waals surface area contributed by atoms with Crippen LogP contribution >= 0.6 is 24.0 Å². The number of halogens is 1. The van der Waals surface area contributed by atoms with Gasteiger partial charge in [0.2, 0.25) is 0 Å². The van der Waals surface area contributed by atoms with Gasteiger partial charge in [0.1, 0.15) is 12.4 Å². The van der Waals surface area contributed by atoms with Crippen LogP contribution in [0.15, 0.2) is 41.7 Å². The zero-order valence-electron chi connectivity index (χ0n) is 19.1. The molecule has 0 bridgehead atoms. The van der Waals surface area contributed by atoms with Gasteiger partial charge in [-0.25, -0.2) is 0 Å². The highest BCUT2D eigenvalue weighted by Crippen LogP contribution is 2.27. The summed E-state index contributed by atoms with van der Waals surface area (Å²) >= 11 is 0. The summed E-state index contributed by atoms with van der Waals surface area (Å²) in [5.74, 6) is 2.38. The van der Waals surface area contributed by atoms with Crippen LogP contribution in [0.5, 0.6) is 5.75 Å². The Morgan fingerprint density at radius 1 is 1.25 bits per heavy atom. The molecule has 1 unspecified atom stereocenters. The Balaban J connectivity index is 0.00000289. The molecule has 1 aromatic heterocycles. The van der Waals surface area contributed by atoms with Crippen molar-refractivity contribution >= 4 is 29.9 Å². The summed E-state index contributed by atoms with van der Waals surface area (Å²) in [6, 6.07) is 8.25. The first kappa shape index (κ1) is 24.8. The summed E-state index contributed by atoms with van der Waals surface area (Å²) in [4.78, 5) is 9.24. The fraction of sp³-hybridized carbons (Fsp3) is 0.565. The summed E-state index contributed by atoms with van der Waals surface area (Å²) in [5.41, 5.74) is 2.45. The number of rotatable bonds is 7. The van der Waals surface area contributed by atoms with Gasteiger partial charge in [0.25, 0.3) is 0 Å². The minimum Gasteiger partial charge on any atom is -0.492 e. The van der Waals surface area contributed by atoms with Gasteiger partial charge in [0.15, 0.2) is 5.96 Å². The number of morpholine rings is 1. The number of aliphatic imine (C=N–C) groups is 1. The third-order valence-electron chi connectivity index (χ3n) is 6.07. The Morgan fingerprint density at radius 2 is 2.06 bits per heavy atom. The number of aromatic nitrogens is 2. The quantitative estimate of drug-likeness (QED) is 0.322. The highest BCUT2D eigenvalue weighted by molar-refractivity contribution is 14.0. The van der Waals surface area contributed by atoms with Gasteiger partial charge >= 0.3 is 0 Å². The minimum absolute atomic E-state index is 0. The molecule has 0 spiro atoms. The number of benzene rings is 1. The van der Waals surface area contributed by atoms with Gasteiger partial charge in [-0.2, -0.15) is 5.10 Å². The normalized spacial score (nSPS) is 19.6. The van der Waals surface area contributed by atoms with Crippen molar-refractivity contribution in [3.8, 4) is 5.75 Å². The molecular formula is C23H35IN6O2. The second-order valence-corrected chi connectivity index (χ2v) is 8.19. The Labute approximate surface area is 208 Å². The lowest BCUT2D eigenvalue weighted by Crippen LogP contribution is -2.39. The highest BCUT2D eigenvalue weighted by atomic mass is 127. The number of hydrogen-bond acceptors (Lipinski definition) is 5. The maximum absolute atomic E-state index is 6.12. The zero-order chi connectivity index (χ0) is 21.5. The van der Waals surface area contributed by atoms with Crippen molar-refractivity contribution < 1.29 is 9.47 Å². The Bertz CT molecular complexity index is 868. The van der Waals surface area contributed by atoms with E-state index in [0.29, 0.717) is 19.1 Å². The first-order chi connectivity index (χ1) is 15.2. The van der Waals surface area contributed by atoms with Crippen molar-refractivity contribution in [1.82, 2.24) is 24.9 Å². The van der Waals surface area contributed by atoms with E-state index in [1.807, 2.05) is 37.1 Å². The maximum Gasteiger partial charge on any atom is 0.193 e. The summed E-state index contributed by atoms with van der Waals surface area (Å²) in [6.07, 6.45) is 5.22. The molecule has 4 rings (SSSR count). The molecule has 2 saturated heterocycles. The van der Waals surface area contributed by atoms with E-state index < -0.39 is 0 Å². The number of ether oxygens (including phenoxy) is 2. The van der Waals surface area contributed by atoms with Crippen molar-refractivity contribution in [2.24, 2.45) is 12.0 Å². The van der Waals surface area contributed by atoms with Crippen LogP contribution in [0.2, 0.25) is 0 Å². The van der Waals surface area contributed by atoms with E-state index in [1.165, 1.54) is 5.56 Å². The molecule has 1 N–H and O–H groups in total. The molecule has 0 radical (unpaired) electrons. The standard InChI is InChI=1S/C23H34N6O2.HI/c1-24-23(29-8-7-20(18-29)21-16-26-27(2)17-21)25-15-19-5-3-4-6-22(19)31-14-11-28-9-12-30-13-10-28;/h3-6,16-17,20H,7-15,18H2,1-2H3,(H,24,25);1H. The van der Waals surface area contributed by atoms with Gasteiger partial charge in [-0.15, -0.1) is 24.0 Å². The van der Waals surface area contributed by atoms with Crippen molar-refractivity contribution in [2.75, 3.05) is 59.6 Å². The van der Waals surface area contributed by atoms with Crippen LogP contribution in [0.25, 0.3) is 0 Å². The molecule has 0 amide bonds. The first-order valence-electron chi connectivity index (χ1n) is 11.2. The van der Waals surface area contributed by atoms with Crippen LogP contribution in [0.1, 0.15) is 23.5 Å². The topological polar surface area (TPSA) is 67.2 Å². The van der Waals surface area contributed by atoms with Gasteiger partial charge in [-0.3, -0.25) is 14.6 Å². The highest BCUT2D eigenvalue weighted by Gasteiger charge is 2.27. The summed E-state index contributed by atoms with van der Waals surface area (Å²) in [7, 11) is 3.82. The molecule has 0 saturated carbocycles. The summed E-state index contributed by atoms with van der Waals surface area (Å²) in [5, 5.41) is 7.85. The van der Waals surface area contributed by atoms with Crippen molar-refractivity contribution in [1.29, 1.82) is 0 Å². The van der Waals surface area contributed by atoms with Crippen LogP contribution in [-0.2, 0) is 18.3 Å². The van der Waals surface area contributed by atoms with Crippen LogP contribution in [0, 0.1) is 0 Å². The molecule has 176 valence electrons. The van der Waals surface area contributed by atoms with Crippen LogP contribution in [0.3, 0.4) is 0 Å². The molecule has 0 aliphatic carbocycles. The molecule has 3 heterocycles. The molecule has 8 nitrogen and oxygen atoms in total. The minimum atomic E-state index is 0. The van der Waals surface area contributed by atoms with Crippen molar-refractivity contribution in [2.45, 2.75) is 18.9 Å². The monoisotopic (exact) mass is 554 g/mol. The number of nitrogens with zero attached hydrogens (tertiary/aromatic N) is 5. The third kappa shape index (κ3) is 6.58. The lowest BCUT2D eigenvalue weighted by molar-refractivity contribution is 0.0322. The molecule has 1 aromatic carbocycles. The van der Waals surface area contributed by atoms with E-state index >= 15 is 0 Å². The number of para-hydroxylation sites is 1. The van der Waals surface area contributed by atoms with Crippen LogP contribution < -0.4 is 10.1 Å². The van der Waals surface area contributed by atoms with Crippen LogP contribution in [-0.4, -0.2) is 85.1 Å². The molecule has 2 aliphatic rings. The Morgan fingerprint density at radius 3 is 2.81 bits per heavy atom. The van der Waals surface area contributed by atoms with E-state index in [-0.39, 0.29) is 24.0 Å². The second-order valence-electron chi connectivity index (χ2n) is 8.19. The fourth-order valence-corrected chi connectivity index (χ4v) is 4.28. The maximum atomic E-state index is 6.12. The lowest BCUT2D eigenvalue weighted by Gasteiger charge is -2.26. The fourth-order valence-electron chi connectivity index (χ4n) is 4.28. The van der Waals surface area contributed by atoms with Crippen LogP contribution in [0.4, 0.5) is 0 Å². The molecule has 1 atom stereocenters. The van der Waals surface area contributed by atoms with E-state index in [9.17, 15) is 0 Å². The van der Waals surface area contributed by atoms with Gasteiger partial charge in [-0.1, -0.05) is 18.2 Å². The lowest BCUT2D eigenvalue weighted by atomic mass is 10.0. The first-order valence-corrected chi connectivity index (χ1v) is 11.2. The number of likely N-dealkylation sites (tertiary alicyclic amines) is 1. The van der Waals surface area contributed by atoms with E-state index in [1.54, 1.807) is 0 Å².